The fraction of sp³-hybridized carbons (Fsp3) is 0.433. The number of carbonyl (C=O) groups excluding carboxylic acids is 1. The van der Waals surface area contributed by atoms with Crippen LogP contribution in [0.4, 0.5) is 5.82 Å². The van der Waals surface area contributed by atoms with Gasteiger partial charge in [-0.05, 0) is 45.4 Å². The molecule has 0 aliphatic rings. The van der Waals surface area contributed by atoms with E-state index in [4.69, 9.17) is 29.2 Å². The fourth-order valence-corrected chi connectivity index (χ4v) is 6.26. The molecule has 3 N–H and O–H groups in total. The maximum atomic E-state index is 14.2. The van der Waals surface area contributed by atoms with Crippen molar-refractivity contribution in [2.24, 2.45) is 0 Å². The average molecular weight is 598 g/mol. The summed E-state index contributed by atoms with van der Waals surface area (Å²) >= 11 is 0. The lowest BCUT2D eigenvalue weighted by molar-refractivity contribution is -0.144. The molecular weight excluding hydrogens is 557 g/mol. The Labute approximate surface area is 246 Å². The van der Waals surface area contributed by atoms with Crippen molar-refractivity contribution in [2.45, 2.75) is 65.6 Å². The number of hydrogen-bond acceptors (Lipinski definition) is 9. The van der Waals surface area contributed by atoms with Crippen LogP contribution in [-0.4, -0.2) is 46.4 Å². The van der Waals surface area contributed by atoms with Crippen molar-refractivity contribution < 1.29 is 27.9 Å². The number of unbranched alkanes of at least 4 members (excludes halogenated alkanes) is 1. The number of para-hydroxylation sites is 2. The van der Waals surface area contributed by atoms with E-state index in [-0.39, 0.29) is 25.9 Å². The van der Waals surface area contributed by atoms with Gasteiger partial charge in [-0.15, -0.1) is 0 Å². The molecule has 4 aromatic rings. The zero-order valence-corrected chi connectivity index (χ0v) is 25.5. The number of pyridine rings is 1. The zero-order chi connectivity index (χ0) is 30.1. The number of anilines is 1. The smallest absolute Gasteiger partial charge is 0.459 e. The molecule has 12 heteroatoms. The maximum absolute atomic E-state index is 14.2. The lowest BCUT2D eigenvalue weighted by Gasteiger charge is -2.27. The maximum Gasteiger partial charge on any atom is 0.459 e. The van der Waals surface area contributed by atoms with E-state index in [0.717, 1.165) is 29.3 Å². The molecule has 2 aromatic heterocycles. The van der Waals surface area contributed by atoms with Gasteiger partial charge in [0.2, 0.25) is 0 Å². The molecule has 0 fully saturated rings. The van der Waals surface area contributed by atoms with Gasteiger partial charge in [0.1, 0.15) is 29.7 Å². The molecule has 0 spiro atoms. The molecule has 3 atom stereocenters. The van der Waals surface area contributed by atoms with Crippen LogP contribution < -0.4 is 15.3 Å². The van der Waals surface area contributed by atoms with Crippen LogP contribution in [0.25, 0.3) is 21.9 Å². The van der Waals surface area contributed by atoms with Crippen molar-refractivity contribution in [2.75, 3.05) is 25.6 Å². The van der Waals surface area contributed by atoms with Crippen molar-refractivity contribution >= 4 is 41.5 Å². The van der Waals surface area contributed by atoms with E-state index in [9.17, 15) is 9.36 Å². The monoisotopic (exact) mass is 597 g/mol. The first-order chi connectivity index (χ1) is 20.3. The van der Waals surface area contributed by atoms with E-state index in [1.807, 2.05) is 37.3 Å². The second kappa shape index (κ2) is 14.6. The molecule has 4 rings (SSSR count). The van der Waals surface area contributed by atoms with Crippen LogP contribution in [-0.2, 0) is 30.0 Å². The molecule has 42 heavy (non-hydrogen) atoms. The van der Waals surface area contributed by atoms with Gasteiger partial charge in [-0.25, -0.2) is 14.5 Å². The summed E-state index contributed by atoms with van der Waals surface area (Å²) in [6.07, 6.45) is 2.50. The number of nitrogen functional groups attached to an aromatic ring is 1. The van der Waals surface area contributed by atoms with Gasteiger partial charge in [0.25, 0.3) is 0 Å². The van der Waals surface area contributed by atoms with Gasteiger partial charge < -0.3 is 24.3 Å². The number of benzene rings is 2. The summed E-state index contributed by atoms with van der Waals surface area (Å²) in [5.74, 6) is 0.755. The molecular formula is C30H40N5O6P. The summed E-state index contributed by atoms with van der Waals surface area (Å²) < 4.78 is 39.2. The number of hydrogen-bond donors (Lipinski definition) is 2. The number of aromatic nitrogens is 3. The third kappa shape index (κ3) is 7.46. The van der Waals surface area contributed by atoms with Gasteiger partial charge >= 0.3 is 13.7 Å². The Hall–Kier alpha value is -3.50. The third-order valence-corrected chi connectivity index (χ3v) is 8.36. The van der Waals surface area contributed by atoms with Crippen LogP contribution >= 0.6 is 7.75 Å². The quantitative estimate of drug-likeness (QED) is 0.114. The van der Waals surface area contributed by atoms with Gasteiger partial charge in [0.15, 0.2) is 5.82 Å². The molecule has 2 heterocycles. The average Bonchev–Trinajstić information content (AvgIpc) is 3.37. The highest BCUT2D eigenvalue weighted by atomic mass is 31.2. The molecule has 0 bridgehead atoms. The minimum atomic E-state index is -4.07. The summed E-state index contributed by atoms with van der Waals surface area (Å²) in [7, 11) is -4.07. The van der Waals surface area contributed by atoms with Crippen LogP contribution in [0.1, 0.15) is 58.8 Å². The minimum absolute atomic E-state index is 0.00615. The Kier molecular flexibility index (Phi) is 10.9. The van der Waals surface area contributed by atoms with Crippen LogP contribution in [0.2, 0.25) is 0 Å². The summed E-state index contributed by atoms with van der Waals surface area (Å²) in [5.41, 5.74) is 8.51. The number of ether oxygens (including phenoxy) is 2. The van der Waals surface area contributed by atoms with Gasteiger partial charge in [0.05, 0.1) is 30.3 Å². The topological polar surface area (TPSA) is 140 Å². The molecule has 226 valence electrons. The number of imidazole rings is 1. The SMILES string of the molecule is CCCC[C@H](CO[P@](=O)(N[C@@H](C)C(=O)OCC)Oc1ccccc1)n1c(COCC)nc2c(N)nc3ccccc3c21. The van der Waals surface area contributed by atoms with Crippen LogP contribution in [0.15, 0.2) is 54.6 Å². The molecule has 0 saturated heterocycles. The van der Waals surface area contributed by atoms with Gasteiger partial charge in [0, 0.05) is 12.0 Å². The normalized spacial score (nSPS) is 14.5. The van der Waals surface area contributed by atoms with Crippen molar-refractivity contribution in [1.82, 2.24) is 19.6 Å². The van der Waals surface area contributed by atoms with Gasteiger partial charge in [-0.3, -0.25) is 9.32 Å². The van der Waals surface area contributed by atoms with Gasteiger partial charge in [-0.1, -0.05) is 56.2 Å². The zero-order valence-electron chi connectivity index (χ0n) is 24.6. The second-order valence-electron chi connectivity index (χ2n) is 9.84. The molecule has 0 saturated carbocycles. The van der Waals surface area contributed by atoms with Crippen molar-refractivity contribution in [1.29, 1.82) is 0 Å². The van der Waals surface area contributed by atoms with E-state index in [1.54, 1.807) is 38.1 Å². The Morgan fingerprint density at radius 3 is 2.50 bits per heavy atom. The number of carbonyl (C=O) groups is 1. The highest BCUT2D eigenvalue weighted by Crippen LogP contribution is 2.46. The predicted molar refractivity (Wildman–Crippen MR) is 163 cm³/mol. The van der Waals surface area contributed by atoms with Crippen molar-refractivity contribution in [3.63, 3.8) is 0 Å². The molecule has 2 aromatic carbocycles. The van der Waals surface area contributed by atoms with Crippen molar-refractivity contribution in [3.8, 4) is 5.75 Å². The Morgan fingerprint density at radius 2 is 1.79 bits per heavy atom. The Bertz CT molecular complexity index is 1530. The first-order valence-electron chi connectivity index (χ1n) is 14.4. The fourth-order valence-electron chi connectivity index (χ4n) is 4.74. The first kappa shape index (κ1) is 31.4. The van der Waals surface area contributed by atoms with Gasteiger partial charge in [-0.2, -0.15) is 5.09 Å². The Balaban J connectivity index is 1.77. The summed E-state index contributed by atoms with van der Waals surface area (Å²) in [6, 6.07) is 15.2. The van der Waals surface area contributed by atoms with Crippen LogP contribution in [0.5, 0.6) is 5.75 Å². The highest BCUT2D eigenvalue weighted by molar-refractivity contribution is 7.52. The minimum Gasteiger partial charge on any atom is -0.465 e. The van der Waals surface area contributed by atoms with Crippen LogP contribution in [0.3, 0.4) is 0 Å². The lowest BCUT2D eigenvalue weighted by Crippen LogP contribution is -2.35. The first-order valence-corrected chi connectivity index (χ1v) is 15.9. The lowest BCUT2D eigenvalue weighted by atomic mass is 10.1. The number of nitrogens with one attached hydrogen (secondary N) is 1. The number of rotatable bonds is 16. The predicted octanol–water partition coefficient (Wildman–Crippen LogP) is 6.18. The molecule has 0 aliphatic heterocycles. The number of nitrogens with zero attached hydrogens (tertiary/aromatic N) is 3. The number of nitrogens with two attached hydrogens (primary N) is 1. The highest BCUT2D eigenvalue weighted by Gasteiger charge is 2.34. The molecule has 0 amide bonds. The van der Waals surface area contributed by atoms with E-state index in [0.29, 0.717) is 35.9 Å². The second-order valence-corrected chi connectivity index (χ2v) is 11.5. The third-order valence-electron chi connectivity index (χ3n) is 6.72. The largest absolute Gasteiger partial charge is 0.465 e. The molecule has 11 nitrogen and oxygen atoms in total. The summed E-state index contributed by atoms with van der Waals surface area (Å²) in [5, 5.41) is 3.65. The van der Waals surface area contributed by atoms with Crippen molar-refractivity contribution in [3.05, 3.63) is 60.4 Å². The number of fused-ring (bicyclic) bond motifs is 3. The van der Waals surface area contributed by atoms with Crippen LogP contribution in [0, 0.1) is 0 Å². The van der Waals surface area contributed by atoms with E-state index in [2.05, 4.69) is 21.6 Å². The molecule has 0 radical (unpaired) electrons. The summed E-state index contributed by atoms with van der Waals surface area (Å²) in [4.78, 5) is 21.8. The summed E-state index contributed by atoms with van der Waals surface area (Å²) in [6.45, 7) is 8.23. The standard InChI is InChI=1S/C30H40N5O6P/c1-5-8-14-22(19-40-42(37,34-21(4)30(36)39-7-3)41-23-15-10-9-11-16-23)35-26(20-38-6-2)33-27-28(35)24-17-12-13-18-25(24)32-29(27)31/h9-13,15-18,21-22H,5-8,14,19-20H2,1-4H3,(H2,31,32)(H,34,37)/t21-,22+,42+/m0/s1. The van der Waals surface area contributed by atoms with E-state index >= 15 is 0 Å². The molecule has 0 unspecified atom stereocenters. The molecule has 0 aliphatic carbocycles. The Morgan fingerprint density at radius 1 is 1.05 bits per heavy atom. The van der Waals surface area contributed by atoms with E-state index < -0.39 is 19.8 Å². The van der Waals surface area contributed by atoms with E-state index in [1.165, 1.54) is 0 Å². The number of esters is 1.